The van der Waals surface area contributed by atoms with E-state index >= 15 is 0 Å². The lowest BCUT2D eigenvalue weighted by Crippen LogP contribution is -2.41. The van der Waals surface area contributed by atoms with Gasteiger partial charge in [0, 0.05) is 24.5 Å². The van der Waals surface area contributed by atoms with Crippen LogP contribution in [0.2, 0.25) is 0 Å². The van der Waals surface area contributed by atoms with Crippen LogP contribution in [0.15, 0.2) is 54.3 Å². The van der Waals surface area contributed by atoms with E-state index in [4.69, 9.17) is 14.0 Å². The molecule has 1 saturated heterocycles. The van der Waals surface area contributed by atoms with Crippen LogP contribution in [-0.4, -0.2) is 47.0 Å². The third kappa shape index (κ3) is 5.54. The standard InChI is InChI=1S/C23H27BN2O6/c1-22(2)23(3,4)32-24(31-22)18(12-17-13-25-11-10-19(17)20(27)28)14-26-21(29)30-15-16-8-6-5-7-9-16/h5-13H,14-15H2,1-4H3,(H,26,29)(H,27,28). The number of carbonyl (C=O) groups excluding carboxylic acids is 1. The zero-order chi connectivity index (χ0) is 23.4. The molecule has 1 aromatic carbocycles. The third-order valence-corrected chi connectivity index (χ3v) is 5.63. The van der Waals surface area contributed by atoms with Gasteiger partial charge in [-0.15, -0.1) is 0 Å². The molecule has 1 fully saturated rings. The Morgan fingerprint density at radius 1 is 1.12 bits per heavy atom. The number of pyridine rings is 1. The largest absolute Gasteiger partial charge is 0.492 e. The first-order chi connectivity index (χ1) is 15.1. The lowest BCUT2D eigenvalue weighted by atomic mass is 9.76. The van der Waals surface area contributed by atoms with Crippen LogP contribution in [-0.2, 0) is 20.7 Å². The number of hydrogen-bond acceptors (Lipinski definition) is 6. The first kappa shape index (κ1) is 23.5. The molecule has 9 heteroatoms. The molecule has 1 aromatic heterocycles. The Kier molecular flexibility index (Phi) is 7.01. The van der Waals surface area contributed by atoms with Crippen molar-refractivity contribution in [2.45, 2.75) is 45.5 Å². The Morgan fingerprint density at radius 3 is 2.41 bits per heavy atom. The number of benzene rings is 1. The Bertz CT molecular complexity index is 991. The van der Waals surface area contributed by atoms with Crippen molar-refractivity contribution >= 4 is 25.3 Å². The summed E-state index contributed by atoms with van der Waals surface area (Å²) in [4.78, 5) is 27.9. The molecule has 168 valence electrons. The number of nitrogens with one attached hydrogen (secondary N) is 1. The molecule has 32 heavy (non-hydrogen) atoms. The molecule has 2 aromatic rings. The minimum atomic E-state index is -1.08. The Balaban J connectivity index is 1.79. The van der Waals surface area contributed by atoms with E-state index in [0.717, 1.165) is 5.56 Å². The summed E-state index contributed by atoms with van der Waals surface area (Å²) in [7, 11) is -0.781. The summed E-state index contributed by atoms with van der Waals surface area (Å²) in [5.74, 6) is -1.08. The molecule has 2 heterocycles. The molecule has 0 saturated carbocycles. The average molecular weight is 438 g/mol. The fourth-order valence-corrected chi connectivity index (χ4v) is 3.06. The van der Waals surface area contributed by atoms with E-state index in [1.54, 1.807) is 6.08 Å². The number of rotatable bonds is 7. The predicted octanol–water partition coefficient (Wildman–Crippen LogP) is 3.72. The highest BCUT2D eigenvalue weighted by Crippen LogP contribution is 2.38. The lowest BCUT2D eigenvalue weighted by molar-refractivity contribution is 0.00578. The van der Waals surface area contributed by atoms with Gasteiger partial charge in [-0.3, -0.25) is 4.98 Å². The highest BCUT2D eigenvalue weighted by atomic mass is 16.7. The molecule has 0 atom stereocenters. The minimum absolute atomic E-state index is 0.0401. The van der Waals surface area contributed by atoms with E-state index in [9.17, 15) is 14.7 Å². The maximum absolute atomic E-state index is 12.3. The van der Waals surface area contributed by atoms with Crippen molar-refractivity contribution in [3.05, 3.63) is 71.0 Å². The number of carboxylic acids is 1. The number of amides is 1. The zero-order valence-corrected chi connectivity index (χ0v) is 18.6. The molecule has 0 radical (unpaired) electrons. The van der Waals surface area contributed by atoms with E-state index in [1.807, 2.05) is 58.0 Å². The first-order valence-corrected chi connectivity index (χ1v) is 10.3. The lowest BCUT2D eigenvalue weighted by Gasteiger charge is -2.32. The first-order valence-electron chi connectivity index (χ1n) is 10.3. The summed E-state index contributed by atoms with van der Waals surface area (Å²) < 4.78 is 17.5. The molecular formula is C23H27BN2O6. The van der Waals surface area contributed by atoms with Crippen LogP contribution >= 0.6 is 0 Å². The molecule has 1 amide bonds. The number of hydrogen-bond donors (Lipinski definition) is 2. The second-order valence-corrected chi connectivity index (χ2v) is 8.49. The van der Waals surface area contributed by atoms with Gasteiger partial charge in [0.25, 0.3) is 0 Å². The smallest absolute Gasteiger partial charge is 0.478 e. The maximum atomic E-state index is 12.3. The van der Waals surface area contributed by atoms with Gasteiger partial charge in [0.2, 0.25) is 0 Å². The van der Waals surface area contributed by atoms with Crippen molar-refractivity contribution in [3.8, 4) is 0 Å². The number of nitrogens with zero attached hydrogens (tertiary/aromatic N) is 1. The Labute approximate surface area is 187 Å². The number of carboxylic acid groups (broad SMARTS) is 1. The normalized spacial score (nSPS) is 17.1. The number of carbonyl (C=O) groups is 2. The quantitative estimate of drug-likeness (QED) is 0.635. The van der Waals surface area contributed by atoms with Gasteiger partial charge >= 0.3 is 19.2 Å². The summed E-state index contributed by atoms with van der Waals surface area (Å²) in [6.45, 7) is 7.84. The van der Waals surface area contributed by atoms with Crippen molar-refractivity contribution in [1.82, 2.24) is 10.3 Å². The number of alkyl carbamates (subject to hydrolysis) is 1. The summed E-state index contributed by atoms with van der Waals surface area (Å²) in [6.07, 6.45) is 3.87. The molecular weight excluding hydrogens is 411 g/mol. The van der Waals surface area contributed by atoms with E-state index in [-0.39, 0.29) is 18.7 Å². The molecule has 1 aliphatic heterocycles. The number of ether oxygens (including phenoxy) is 1. The molecule has 0 aliphatic carbocycles. The third-order valence-electron chi connectivity index (χ3n) is 5.63. The summed E-state index contributed by atoms with van der Waals surface area (Å²) in [5.41, 5.74) is 0.663. The average Bonchev–Trinajstić information content (AvgIpc) is 2.97. The van der Waals surface area contributed by atoms with Gasteiger partial charge in [0.05, 0.1) is 16.8 Å². The zero-order valence-electron chi connectivity index (χ0n) is 18.6. The molecule has 0 unspecified atom stereocenters. The Morgan fingerprint density at radius 2 is 1.78 bits per heavy atom. The van der Waals surface area contributed by atoms with Crippen LogP contribution in [0.3, 0.4) is 0 Å². The molecule has 2 N–H and O–H groups in total. The van der Waals surface area contributed by atoms with E-state index in [0.29, 0.717) is 11.0 Å². The van der Waals surface area contributed by atoms with Crippen molar-refractivity contribution in [2.75, 3.05) is 6.54 Å². The van der Waals surface area contributed by atoms with E-state index < -0.39 is 30.4 Å². The highest BCUT2D eigenvalue weighted by molar-refractivity contribution is 6.56. The van der Waals surface area contributed by atoms with Crippen molar-refractivity contribution in [1.29, 1.82) is 0 Å². The predicted molar refractivity (Wildman–Crippen MR) is 120 cm³/mol. The topological polar surface area (TPSA) is 107 Å². The van der Waals surface area contributed by atoms with Crippen molar-refractivity contribution < 1.29 is 28.7 Å². The molecule has 0 bridgehead atoms. The molecule has 0 spiro atoms. The van der Waals surface area contributed by atoms with Crippen LogP contribution in [0, 0.1) is 0 Å². The van der Waals surface area contributed by atoms with Crippen LogP contribution in [0.4, 0.5) is 4.79 Å². The fraction of sp³-hybridized carbons (Fsp3) is 0.348. The van der Waals surface area contributed by atoms with Gasteiger partial charge in [-0.05, 0) is 44.8 Å². The van der Waals surface area contributed by atoms with Gasteiger partial charge in [-0.25, -0.2) is 9.59 Å². The molecule has 8 nitrogen and oxygen atoms in total. The van der Waals surface area contributed by atoms with Crippen LogP contribution in [0.5, 0.6) is 0 Å². The van der Waals surface area contributed by atoms with Crippen molar-refractivity contribution in [2.24, 2.45) is 0 Å². The second kappa shape index (κ2) is 9.54. The second-order valence-electron chi connectivity index (χ2n) is 8.49. The van der Waals surface area contributed by atoms with Gasteiger partial charge in [0.15, 0.2) is 0 Å². The van der Waals surface area contributed by atoms with Crippen LogP contribution in [0.25, 0.3) is 6.08 Å². The summed E-state index contributed by atoms with van der Waals surface area (Å²) in [6, 6.07) is 10.7. The summed E-state index contributed by atoms with van der Waals surface area (Å²) >= 11 is 0. The van der Waals surface area contributed by atoms with Crippen molar-refractivity contribution in [3.63, 3.8) is 0 Å². The molecule has 3 rings (SSSR count). The van der Waals surface area contributed by atoms with E-state index in [2.05, 4.69) is 10.3 Å². The minimum Gasteiger partial charge on any atom is -0.478 e. The van der Waals surface area contributed by atoms with Gasteiger partial charge < -0.3 is 24.5 Å². The SMILES string of the molecule is CC1(C)OB(C(=Cc2cnccc2C(=O)O)CNC(=O)OCc2ccccc2)OC1(C)C. The Hall–Kier alpha value is -3.17. The number of aromatic nitrogens is 1. The highest BCUT2D eigenvalue weighted by Gasteiger charge is 2.52. The molecule has 1 aliphatic rings. The summed E-state index contributed by atoms with van der Waals surface area (Å²) in [5, 5.41) is 12.2. The van der Waals surface area contributed by atoms with Crippen LogP contribution in [0.1, 0.15) is 49.2 Å². The van der Waals surface area contributed by atoms with Crippen LogP contribution < -0.4 is 5.32 Å². The van der Waals surface area contributed by atoms with Gasteiger partial charge in [-0.2, -0.15) is 0 Å². The van der Waals surface area contributed by atoms with Gasteiger partial charge in [0.1, 0.15) is 6.61 Å². The maximum Gasteiger partial charge on any atom is 0.492 e. The van der Waals surface area contributed by atoms with Gasteiger partial charge in [-0.1, -0.05) is 36.4 Å². The van der Waals surface area contributed by atoms with E-state index in [1.165, 1.54) is 18.5 Å². The number of aromatic carboxylic acids is 1. The fourth-order valence-electron chi connectivity index (χ4n) is 3.06. The monoisotopic (exact) mass is 438 g/mol.